The molecule has 1 saturated heterocycles. The minimum absolute atomic E-state index is 0.0837. The monoisotopic (exact) mass is 314 g/mol. The lowest BCUT2D eigenvalue weighted by atomic mass is 10.2. The molecule has 1 heterocycles. The molecule has 1 amide bonds. The summed E-state index contributed by atoms with van der Waals surface area (Å²) >= 11 is 5.91. The summed E-state index contributed by atoms with van der Waals surface area (Å²) < 4.78 is 5.26. The number of hydrogen-bond acceptors (Lipinski definition) is 4. The van der Waals surface area contributed by atoms with Gasteiger partial charge in [-0.2, -0.15) is 0 Å². The van der Waals surface area contributed by atoms with Crippen molar-refractivity contribution in [1.82, 2.24) is 5.32 Å². The van der Waals surface area contributed by atoms with Gasteiger partial charge in [0.1, 0.15) is 13.1 Å². The molecule has 0 aromatic heterocycles. The van der Waals surface area contributed by atoms with Crippen molar-refractivity contribution in [3.05, 3.63) is 38.9 Å². The van der Waals surface area contributed by atoms with Crippen LogP contribution in [0, 0.1) is 10.1 Å². The predicted octanol–water partition coefficient (Wildman–Crippen LogP) is -0.107. The highest BCUT2D eigenvalue weighted by atomic mass is 35.5. The highest BCUT2D eigenvalue weighted by Gasteiger charge is 2.16. The lowest BCUT2D eigenvalue weighted by Gasteiger charge is -2.23. The number of rotatable bonds is 5. The smallest absolute Gasteiger partial charge is 0.270 e. The molecule has 1 aromatic carbocycles. The number of amides is 1. The SMILES string of the molecule is O=C(NCC[NH+]1CCOCC1)c1ccc([N+](=O)[O-])cc1Cl. The lowest BCUT2D eigenvalue weighted by Crippen LogP contribution is -3.14. The van der Waals surface area contributed by atoms with Crippen LogP contribution in [-0.2, 0) is 4.74 Å². The summed E-state index contributed by atoms with van der Waals surface area (Å²) in [6.45, 7) is 4.72. The molecule has 7 nitrogen and oxygen atoms in total. The Hall–Kier alpha value is -1.70. The number of morpholine rings is 1. The lowest BCUT2D eigenvalue weighted by molar-refractivity contribution is -0.906. The largest absolute Gasteiger partial charge is 0.370 e. The number of nitrogens with one attached hydrogen (secondary N) is 2. The quantitative estimate of drug-likeness (QED) is 0.587. The highest BCUT2D eigenvalue weighted by Crippen LogP contribution is 2.22. The summed E-state index contributed by atoms with van der Waals surface area (Å²) in [7, 11) is 0. The normalized spacial score (nSPS) is 15.7. The van der Waals surface area contributed by atoms with Crippen molar-refractivity contribution in [1.29, 1.82) is 0 Å². The van der Waals surface area contributed by atoms with Crippen molar-refractivity contribution in [2.24, 2.45) is 0 Å². The third-order valence-corrected chi connectivity index (χ3v) is 3.68. The van der Waals surface area contributed by atoms with Gasteiger partial charge < -0.3 is 15.0 Å². The number of nitro groups is 1. The van der Waals surface area contributed by atoms with Gasteiger partial charge in [-0.25, -0.2) is 0 Å². The Labute approximate surface area is 127 Å². The van der Waals surface area contributed by atoms with Gasteiger partial charge in [-0.05, 0) is 6.07 Å². The van der Waals surface area contributed by atoms with Crippen LogP contribution < -0.4 is 10.2 Å². The Kier molecular flexibility index (Phi) is 5.49. The first kappa shape index (κ1) is 15.7. The maximum absolute atomic E-state index is 12.0. The van der Waals surface area contributed by atoms with E-state index >= 15 is 0 Å². The van der Waals surface area contributed by atoms with Crippen molar-refractivity contribution in [2.45, 2.75) is 0 Å². The molecule has 1 aliphatic rings. The molecular weight excluding hydrogens is 298 g/mol. The molecule has 2 N–H and O–H groups in total. The molecule has 0 radical (unpaired) electrons. The van der Waals surface area contributed by atoms with Gasteiger partial charge in [0.2, 0.25) is 0 Å². The van der Waals surface area contributed by atoms with Crippen molar-refractivity contribution in [3.8, 4) is 0 Å². The van der Waals surface area contributed by atoms with Crippen LogP contribution in [0.25, 0.3) is 0 Å². The van der Waals surface area contributed by atoms with Crippen LogP contribution in [0.2, 0.25) is 5.02 Å². The maximum atomic E-state index is 12.0. The number of hydrogen-bond donors (Lipinski definition) is 2. The number of ether oxygens (including phenoxy) is 1. The fourth-order valence-corrected chi connectivity index (χ4v) is 2.42. The fraction of sp³-hybridized carbons (Fsp3) is 0.462. The van der Waals surface area contributed by atoms with Crippen LogP contribution in [0.5, 0.6) is 0 Å². The second-order valence-corrected chi connectivity index (χ2v) is 5.20. The summed E-state index contributed by atoms with van der Waals surface area (Å²) in [5, 5.41) is 13.5. The molecule has 0 spiro atoms. The number of carbonyl (C=O) groups is 1. The van der Waals surface area contributed by atoms with E-state index < -0.39 is 4.92 Å². The summed E-state index contributed by atoms with van der Waals surface area (Å²) in [6, 6.07) is 3.83. The number of non-ortho nitro benzene ring substituents is 1. The third-order valence-electron chi connectivity index (χ3n) is 3.37. The molecule has 1 aliphatic heterocycles. The zero-order valence-corrected chi connectivity index (χ0v) is 12.2. The fourth-order valence-electron chi connectivity index (χ4n) is 2.16. The molecule has 0 atom stereocenters. The second-order valence-electron chi connectivity index (χ2n) is 4.79. The molecular formula is C13H17ClN3O4+. The topological polar surface area (TPSA) is 85.9 Å². The Bertz CT molecular complexity index is 532. The first-order chi connectivity index (χ1) is 10.1. The molecule has 0 bridgehead atoms. The van der Waals surface area contributed by atoms with Crippen molar-refractivity contribution >= 4 is 23.2 Å². The summed E-state index contributed by atoms with van der Waals surface area (Å²) in [5.74, 6) is -0.317. The van der Waals surface area contributed by atoms with E-state index in [4.69, 9.17) is 16.3 Å². The average molecular weight is 315 g/mol. The summed E-state index contributed by atoms with van der Waals surface area (Å²) in [5.41, 5.74) is 0.119. The second kappa shape index (κ2) is 7.35. The molecule has 21 heavy (non-hydrogen) atoms. The van der Waals surface area contributed by atoms with Gasteiger partial charge in [-0.1, -0.05) is 11.6 Å². The minimum atomic E-state index is -0.546. The van der Waals surface area contributed by atoms with E-state index in [0.717, 1.165) is 32.8 Å². The van der Waals surface area contributed by atoms with Gasteiger partial charge in [0.05, 0.1) is 41.8 Å². The highest BCUT2D eigenvalue weighted by molar-refractivity contribution is 6.34. The number of halogens is 1. The van der Waals surface area contributed by atoms with Gasteiger partial charge in [0, 0.05) is 12.1 Å². The summed E-state index contributed by atoms with van der Waals surface area (Å²) in [6.07, 6.45) is 0. The number of nitrogens with zero attached hydrogens (tertiary/aromatic N) is 1. The van der Waals surface area contributed by atoms with Gasteiger partial charge in [0.25, 0.3) is 11.6 Å². The van der Waals surface area contributed by atoms with E-state index in [2.05, 4.69) is 5.32 Å². The van der Waals surface area contributed by atoms with Crippen LogP contribution in [-0.4, -0.2) is 50.2 Å². The molecule has 114 valence electrons. The van der Waals surface area contributed by atoms with Crippen molar-refractivity contribution in [2.75, 3.05) is 39.4 Å². The molecule has 0 saturated carbocycles. The zero-order valence-electron chi connectivity index (χ0n) is 11.4. The Morgan fingerprint density at radius 1 is 1.43 bits per heavy atom. The number of nitro benzene ring substituents is 1. The molecule has 8 heteroatoms. The molecule has 2 rings (SSSR count). The minimum Gasteiger partial charge on any atom is -0.370 e. The third kappa shape index (κ3) is 4.38. The van der Waals surface area contributed by atoms with Gasteiger partial charge in [0.15, 0.2) is 0 Å². The van der Waals surface area contributed by atoms with Crippen LogP contribution in [0.15, 0.2) is 18.2 Å². The van der Waals surface area contributed by atoms with E-state index in [1.807, 2.05) is 0 Å². The van der Waals surface area contributed by atoms with E-state index in [9.17, 15) is 14.9 Å². The van der Waals surface area contributed by atoms with Crippen LogP contribution >= 0.6 is 11.6 Å². The van der Waals surface area contributed by atoms with Crippen LogP contribution in [0.4, 0.5) is 5.69 Å². The predicted molar refractivity (Wildman–Crippen MR) is 76.8 cm³/mol. The van der Waals surface area contributed by atoms with Gasteiger partial charge in [-0.3, -0.25) is 14.9 Å². The Morgan fingerprint density at radius 2 is 2.14 bits per heavy atom. The first-order valence-electron chi connectivity index (χ1n) is 6.71. The van der Waals surface area contributed by atoms with Gasteiger partial charge in [-0.15, -0.1) is 0 Å². The first-order valence-corrected chi connectivity index (χ1v) is 7.09. The molecule has 0 aliphatic carbocycles. The average Bonchev–Trinajstić information content (AvgIpc) is 2.48. The van der Waals surface area contributed by atoms with E-state index in [1.54, 1.807) is 0 Å². The van der Waals surface area contributed by atoms with Crippen molar-refractivity contribution < 1.29 is 19.4 Å². The standard InChI is InChI=1S/C13H16ClN3O4/c14-12-9-10(17(19)20)1-2-11(12)13(18)15-3-4-16-5-7-21-8-6-16/h1-2,9H,3-8H2,(H,15,18)/p+1. The molecule has 1 aromatic rings. The van der Waals surface area contributed by atoms with Crippen LogP contribution in [0.3, 0.4) is 0 Å². The summed E-state index contributed by atoms with van der Waals surface area (Å²) in [4.78, 5) is 23.4. The number of quaternary nitrogens is 1. The van der Waals surface area contributed by atoms with Crippen LogP contribution in [0.1, 0.15) is 10.4 Å². The van der Waals surface area contributed by atoms with E-state index in [1.165, 1.54) is 23.1 Å². The van der Waals surface area contributed by atoms with E-state index in [0.29, 0.717) is 6.54 Å². The number of carbonyl (C=O) groups excluding carboxylic acids is 1. The van der Waals surface area contributed by atoms with Crippen molar-refractivity contribution in [3.63, 3.8) is 0 Å². The number of benzene rings is 1. The Morgan fingerprint density at radius 3 is 2.76 bits per heavy atom. The Balaban J connectivity index is 1.86. The zero-order chi connectivity index (χ0) is 15.2. The van der Waals surface area contributed by atoms with Gasteiger partial charge >= 0.3 is 0 Å². The molecule has 1 fully saturated rings. The maximum Gasteiger partial charge on any atom is 0.270 e. The van der Waals surface area contributed by atoms with E-state index in [-0.39, 0.29) is 22.2 Å². The molecule has 0 unspecified atom stereocenters.